The molecule has 2 N–H and O–H groups in total. The minimum atomic E-state index is -0.919. The molecule has 2 rings (SSSR count). The summed E-state index contributed by atoms with van der Waals surface area (Å²) >= 11 is 3.17. The normalized spacial score (nSPS) is 22.2. The minimum Gasteiger partial charge on any atom is -0.481 e. The number of aliphatic carboxylic acids is 1. The number of carbonyl (C=O) groups is 2. The van der Waals surface area contributed by atoms with E-state index in [-0.39, 0.29) is 5.56 Å². The maximum atomic E-state index is 13.6. The van der Waals surface area contributed by atoms with Gasteiger partial charge in [-0.25, -0.2) is 4.39 Å². The van der Waals surface area contributed by atoms with Gasteiger partial charge in [-0.1, -0.05) is 22.4 Å². The molecule has 1 aromatic rings. The molecule has 0 bridgehead atoms. The fraction of sp³-hybridized carbons (Fsp3) is 0.385. The van der Waals surface area contributed by atoms with Gasteiger partial charge < -0.3 is 10.4 Å². The summed E-state index contributed by atoms with van der Waals surface area (Å²) in [5, 5.41) is 11.6. The second-order valence-electron chi connectivity index (χ2n) is 4.58. The van der Waals surface area contributed by atoms with Crippen LogP contribution in [0.15, 0.2) is 22.7 Å². The zero-order chi connectivity index (χ0) is 14.0. The Morgan fingerprint density at radius 3 is 2.79 bits per heavy atom. The highest BCUT2D eigenvalue weighted by Gasteiger charge is 2.34. The molecule has 1 aliphatic carbocycles. The zero-order valence-electron chi connectivity index (χ0n) is 10.0. The number of hydrogen-bond acceptors (Lipinski definition) is 2. The van der Waals surface area contributed by atoms with Crippen molar-refractivity contribution in [2.75, 3.05) is 0 Å². The van der Waals surface area contributed by atoms with E-state index in [1.165, 1.54) is 18.2 Å². The fourth-order valence-corrected chi connectivity index (χ4v) is 2.71. The lowest BCUT2D eigenvalue weighted by Gasteiger charge is -2.17. The Morgan fingerprint density at radius 1 is 1.37 bits per heavy atom. The second kappa shape index (κ2) is 5.69. The number of carboxylic acids is 1. The van der Waals surface area contributed by atoms with Crippen molar-refractivity contribution in [1.82, 2.24) is 5.32 Å². The molecule has 2 atom stereocenters. The number of hydrogen-bond donors (Lipinski definition) is 2. The molecule has 0 aliphatic heterocycles. The summed E-state index contributed by atoms with van der Waals surface area (Å²) in [6.45, 7) is 0. The van der Waals surface area contributed by atoms with Gasteiger partial charge in [0.15, 0.2) is 0 Å². The molecule has 6 heteroatoms. The molecule has 0 aromatic heterocycles. The number of nitrogens with one attached hydrogen (secondary N) is 1. The molecule has 1 aromatic carbocycles. The average Bonchev–Trinajstić information content (AvgIpc) is 2.80. The van der Waals surface area contributed by atoms with E-state index in [1.54, 1.807) is 0 Å². The Bertz CT molecular complexity index is 521. The fourth-order valence-electron chi connectivity index (χ4n) is 2.35. The first kappa shape index (κ1) is 14.0. The van der Waals surface area contributed by atoms with Gasteiger partial charge in [-0.2, -0.15) is 0 Å². The first-order chi connectivity index (χ1) is 8.99. The molecule has 2 unspecified atom stereocenters. The van der Waals surface area contributed by atoms with E-state index < -0.39 is 29.7 Å². The van der Waals surface area contributed by atoms with Gasteiger partial charge in [0.1, 0.15) is 5.82 Å². The summed E-state index contributed by atoms with van der Waals surface area (Å²) in [4.78, 5) is 23.0. The number of rotatable bonds is 3. The monoisotopic (exact) mass is 329 g/mol. The Balaban J connectivity index is 2.12. The van der Waals surface area contributed by atoms with Crippen LogP contribution in [0, 0.1) is 11.7 Å². The summed E-state index contributed by atoms with van der Waals surface area (Å²) < 4.78 is 14.1. The van der Waals surface area contributed by atoms with Gasteiger partial charge in [0, 0.05) is 10.5 Å². The molecule has 1 aliphatic rings. The van der Waals surface area contributed by atoms with Gasteiger partial charge in [-0.3, -0.25) is 9.59 Å². The van der Waals surface area contributed by atoms with E-state index in [2.05, 4.69) is 21.2 Å². The van der Waals surface area contributed by atoms with E-state index in [1.807, 2.05) is 0 Å². The van der Waals surface area contributed by atoms with E-state index in [0.29, 0.717) is 17.3 Å². The first-order valence-electron chi connectivity index (χ1n) is 5.98. The van der Waals surface area contributed by atoms with Crippen molar-refractivity contribution in [3.63, 3.8) is 0 Å². The van der Waals surface area contributed by atoms with Crippen LogP contribution in [-0.2, 0) is 4.79 Å². The Hall–Kier alpha value is -1.43. The Morgan fingerprint density at radius 2 is 2.11 bits per heavy atom. The van der Waals surface area contributed by atoms with Crippen LogP contribution in [0.4, 0.5) is 4.39 Å². The van der Waals surface area contributed by atoms with Crippen LogP contribution in [0.5, 0.6) is 0 Å². The SMILES string of the molecule is O=C(NC1CCCC1C(=O)O)c1cc(Br)ccc1F. The van der Waals surface area contributed by atoms with Gasteiger partial charge in [0.25, 0.3) is 5.91 Å². The summed E-state index contributed by atoms with van der Waals surface area (Å²) in [5.74, 6) is -2.70. The molecule has 1 saturated carbocycles. The average molecular weight is 330 g/mol. The number of carbonyl (C=O) groups excluding carboxylic acids is 1. The molecular weight excluding hydrogens is 317 g/mol. The summed E-state index contributed by atoms with van der Waals surface area (Å²) in [5.41, 5.74) is -0.0783. The molecule has 1 fully saturated rings. The highest BCUT2D eigenvalue weighted by Crippen LogP contribution is 2.26. The van der Waals surface area contributed by atoms with Gasteiger partial charge >= 0.3 is 5.97 Å². The highest BCUT2D eigenvalue weighted by atomic mass is 79.9. The van der Waals surface area contributed by atoms with E-state index >= 15 is 0 Å². The Kier molecular flexibility index (Phi) is 4.19. The second-order valence-corrected chi connectivity index (χ2v) is 5.50. The van der Waals surface area contributed by atoms with Crippen molar-refractivity contribution < 1.29 is 19.1 Å². The third kappa shape index (κ3) is 3.12. The van der Waals surface area contributed by atoms with Crippen LogP contribution in [0.2, 0.25) is 0 Å². The van der Waals surface area contributed by atoms with Crippen molar-refractivity contribution in [3.05, 3.63) is 34.1 Å². The Labute approximate surface area is 118 Å². The van der Waals surface area contributed by atoms with Crippen molar-refractivity contribution in [3.8, 4) is 0 Å². The topological polar surface area (TPSA) is 66.4 Å². The summed E-state index contributed by atoms with van der Waals surface area (Å²) in [6.07, 6.45) is 1.91. The maximum absolute atomic E-state index is 13.6. The predicted molar refractivity (Wildman–Crippen MR) is 70.3 cm³/mol. The third-order valence-electron chi connectivity index (χ3n) is 3.32. The number of halogens is 2. The molecule has 102 valence electrons. The van der Waals surface area contributed by atoms with Crippen LogP contribution in [0.1, 0.15) is 29.6 Å². The number of amides is 1. The predicted octanol–water partition coefficient (Wildman–Crippen LogP) is 2.57. The molecule has 0 spiro atoms. The number of benzene rings is 1. The van der Waals surface area contributed by atoms with Crippen molar-refractivity contribution >= 4 is 27.8 Å². The number of carboxylic acid groups (broad SMARTS) is 1. The summed E-state index contributed by atoms with van der Waals surface area (Å²) in [6, 6.07) is 3.66. The standard InChI is InChI=1S/C13H13BrFNO3/c14-7-4-5-10(15)9(6-7)12(17)16-11-3-1-2-8(11)13(18)19/h4-6,8,11H,1-3H2,(H,16,17)(H,18,19). The summed E-state index contributed by atoms with van der Waals surface area (Å²) in [7, 11) is 0. The van der Waals surface area contributed by atoms with Gasteiger partial charge in [-0.05, 0) is 31.0 Å². The van der Waals surface area contributed by atoms with E-state index in [9.17, 15) is 14.0 Å². The van der Waals surface area contributed by atoms with Gasteiger partial charge in [0.05, 0.1) is 11.5 Å². The maximum Gasteiger partial charge on any atom is 0.308 e. The smallest absolute Gasteiger partial charge is 0.308 e. The van der Waals surface area contributed by atoms with Crippen LogP contribution >= 0.6 is 15.9 Å². The van der Waals surface area contributed by atoms with Gasteiger partial charge in [0.2, 0.25) is 0 Å². The van der Waals surface area contributed by atoms with Crippen LogP contribution in [-0.4, -0.2) is 23.0 Å². The lowest BCUT2D eigenvalue weighted by atomic mass is 10.0. The van der Waals surface area contributed by atoms with Crippen molar-refractivity contribution in [1.29, 1.82) is 0 Å². The largest absolute Gasteiger partial charge is 0.481 e. The lowest BCUT2D eigenvalue weighted by Crippen LogP contribution is -2.40. The molecule has 0 radical (unpaired) electrons. The highest BCUT2D eigenvalue weighted by molar-refractivity contribution is 9.10. The molecule has 19 heavy (non-hydrogen) atoms. The van der Waals surface area contributed by atoms with Crippen LogP contribution < -0.4 is 5.32 Å². The van der Waals surface area contributed by atoms with Crippen LogP contribution in [0.3, 0.4) is 0 Å². The van der Waals surface area contributed by atoms with Crippen molar-refractivity contribution in [2.24, 2.45) is 5.92 Å². The molecular formula is C13H13BrFNO3. The third-order valence-corrected chi connectivity index (χ3v) is 3.82. The minimum absolute atomic E-state index is 0.0783. The lowest BCUT2D eigenvalue weighted by molar-refractivity contribution is -0.142. The first-order valence-corrected chi connectivity index (χ1v) is 6.77. The van der Waals surface area contributed by atoms with Crippen LogP contribution in [0.25, 0.3) is 0 Å². The van der Waals surface area contributed by atoms with Gasteiger partial charge in [-0.15, -0.1) is 0 Å². The molecule has 1 amide bonds. The van der Waals surface area contributed by atoms with E-state index in [0.717, 1.165) is 6.42 Å². The van der Waals surface area contributed by atoms with Crippen molar-refractivity contribution in [2.45, 2.75) is 25.3 Å². The van der Waals surface area contributed by atoms with E-state index in [4.69, 9.17) is 5.11 Å². The molecule has 0 heterocycles. The zero-order valence-corrected chi connectivity index (χ0v) is 11.6. The quantitative estimate of drug-likeness (QED) is 0.895. The molecule has 0 saturated heterocycles. The molecule has 4 nitrogen and oxygen atoms in total.